The van der Waals surface area contributed by atoms with Gasteiger partial charge in [-0.2, -0.15) is 0 Å². The van der Waals surface area contributed by atoms with Crippen LogP contribution in [0.4, 0.5) is 10.5 Å². The number of rotatable bonds is 7. The molecule has 3 N–H and O–H groups in total. The summed E-state index contributed by atoms with van der Waals surface area (Å²) >= 11 is 0. The molecule has 0 fully saturated rings. The zero-order valence-corrected chi connectivity index (χ0v) is 16.6. The van der Waals surface area contributed by atoms with Gasteiger partial charge in [0.15, 0.2) is 0 Å². The molecule has 1 rings (SSSR count). The van der Waals surface area contributed by atoms with Crippen molar-refractivity contribution >= 4 is 27.7 Å². The molecule has 8 nitrogen and oxygen atoms in total. The van der Waals surface area contributed by atoms with Crippen LogP contribution in [0.2, 0.25) is 0 Å². The van der Waals surface area contributed by atoms with Gasteiger partial charge in [0.1, 0.15) is 5.60 Å². The molecule has 1 unspecified atom stereocenters. The zero-order chi connectivity index (χ0) is 20.0. The quantitative estimate of drug-likeness (QED) is 0.665. The lowest BCUT2D eigenvalue weighted by Gasteiger charge is -2.20. The minimum absolute atomic E-state index is 0.102. The average molecular weight is 385 g/mol. The van der Waals surface area contributed by atoms with Gasteiger partial charge in [-0.1, -0.05) is 12.1 Å². The first-order valence-electron chi connectivity index (χ1n) is 8.20. The van der Waals surface area contributed by atoms with Crippen molar-refractivity contribution in [2.75, 3.05) is 17.5 Å². The molecule has 0 spiro atoms. The molecule has 0 aliphatic carbocycles. The molecule has 1 aromatic carbocycles. The van der Waals surface area contributed by atoms with Crippen molar-refractivity contribution in [3.8, 4) is 0 Å². The first kappa shape index (κ1) is 21.8. The summed E-state index contributed by atoms with van der Waals surface area (Å²) in [6.07, 6.45) is 0.603. The van der Waals surface area contributed by atoms with E-state index in [1.165, 1.54) is 0 Å². The molecule has 2 amide bonds. The number of hydrogen-bond acceptors (Lipinski definition) is 5. The number of nitrogens with one attached hydrogen (secondary N) is 3. The molecule has 146 valence electrons. The second-order valence-electron chi connectivity index (χ2n) is 6.97. The number of alkyl carbamates (subject to hydrolysis) is 1. The van der Waals surface area contributed by atoms with Gasteiger partial charge in [-0.05, 0) is 45.4 Å². The number of anilines is 1. The lowest BCUT2D eigenvalue weighted by Crippen LogP contribution is -2.35. The largest absolute Gasteiger partial charge is 0.444 e. The smallest absolute Gasteiger partial charge is 0.407 e. The number of amides is 2. The number of benzene rings is 1. The normalized spacial score (nSPS) is 12.8. The second kappa shape index (κ2) is 8.88. The Morgan fingerprint density at radius 2 is 1.88 bits per heavy atom. The highest BCUT2D eigenvalue weighted by Gasteiger charge is 2.16. The van der Waals surface area contributed by atoms with Crippen molar-refractivity contribution in [1.29, 1.82) is 0 Å². The maximum Gasteiger partial charge on any atom is 0.407 e. The Hall–Kier alpha value is -2.29. The van der Waals surface area contributed by atoms with E-state index in [1.807, 2.05) is 0 Å². The molecular weight excluding hydrogens is 358 g/mol. The molecule has 0 bridgehead atoms. The highest BCUT2D eigenvalue weighted by atomic mass is 32.2. The predicted octanol–water partition coefficient (Wildman–Crippen LogP) is 2.15. The Bertz CT molecular complexity index is 741. The van der Waals surface area contributed by atoms with Crippen LogP contribution in [0.3, 0.4) is 0 Å². The zero-order valence-electron chi connectivity index (χ0n) is 15.8. The number of sulfonamides is 1. The summed E-state index contributed by atoms with van der Waals surface area (Å²) in [4.78, 5) is 23.5. The standard InChI is InChI=1S/C17H27N3O5S/c1-12(13-7-6-8-14(11-13)20-26(5,23)24)19-15(21)9-10-18-16(22)25-17(2,3)4/h6-8,11-12,20H,9-10H2,1-5H3,(H,18,22)(H,19,21). The number of hydrogen-bond donors (Lipinski definition) is 3. The predicted molar refractivity (Wildman–Crippen MR) is 100 cm³/mol. The highest BCUT2D eigenvalue weighted by Crippen LogP contribution is 2.18. The van der Waals surface area contributed by atoms with E-state index in [4.69, 9.17) is 4.74 Å². The Kier molecular flexibility index (Phi) is 7.43. The number of ether oxygens (including phenoxy) is 1. The summed E-state index contributed by atoms with van der Waals surface area (Å²) < 4.78 is 30.1. The van der Waals surface area contributed by atoms with E-state index in [1.54, 1.807) is 52.0 Å². The van der Waals surface area contributed by atoms with E-state index in [-0.39, 0.29) is 24.9 Å². The SMILES string of the molecule is CC(NC(=O)CCNC(=O)OC(C)(C)C)c1cccc(NS(C)(=O)=O)c1. The molecule has 0 aromatic heterocycles. The fourth-order valence-corrected chi connectivity index (χ4v) is 2.63. The Balaban J connectivity index is 2.49. The lowest BCUT2D eigenvalue weighted by molar-refractivity contribution is -0.121. The van der Waals surface area contributed by atoms with Crippen LogP contribution in [0.15, 0.2) is 24.3 Å². The van der Waals surface area contributed by atoms with Crippen molar-refractivity contribution in [3.05, 3.63) is 29.8 Å². The molecular formula is C17H27N3O5S. The van der Waals surface area contributed by atoms with Gasteiger partial charge in [0.25, 0.3) is 0 Å². The number of carbonyl (C=O) groups excluding carboxylic acids is 2. The summed E-state index contributed by atoms with van der Waals surface area (Å²) in [5.74, 6) is -0.241. The molecule has 0 aliphatic heterocycles. The molecule has 0 saturated carbocycles. The maximum absolute atomic E-state index is 12.0. The van der Waals surface area contributed by atoms with Gasteiger partial charge in [0.05, 0.1) is 12.3 Å². The van der Waals surface area contributed by atoms with E-state index in [2.05, 4.69) is 15.4 Å². The molecule has 0 radical (unpaired) electrons. The van der Waals surface area contributed by atoms with Crippen LogP contribution in [0.5, 0.6) is 0 Å². The molecule has 0 heterocycles. The summed E-state index contributed by atoms with van der Waals surface area (Å²) in [5, 5.41) is 5.32. The van der Waals surface area contributed by atoms with Gasteiger partial charge in [0, 0.05) is 18.7 Å². The molecule has 26 heavy (non-hydrogen) atoms. The molecule has 9 heteroatoms. The summed E-state index contributed by atoms with van der Waals surface area (Å²) in [7, 11) is -3.37. The van der Waals surface area contributed by atoms with Gasteiger partial charge < -0.3 is 15.4 Å². The average Bonchev–Trinajstić information content (AvgIpc) is 2.43. The maximum atomic E-state index is 12.0. The van der Waals surface area contributed by atoms with E-state index in [0.717, 1.165) is 11.8 Å². The summed E-state index contributed by atoms with van der Waals surface area (Å²) in [5.41, 5.74) is 0.594. The van der Waals surface area contributed by atoms with Crippen LogP contribution >= 0.6 is 0 Å². The van der Waals surface area contributed by atoms with Gasteiger partial charge in [-0.25, -0.2) is 13.2 Å². The van der Waals surface area contributed by atoms with E-state index in [9.17, 15) is 18.0 Å². The van der Waals surface area contributed by atoms with Crippen molar-refractivity contribution in [1.82, 2.24) is 10.6 Å². The Labute approximate surface area is 154 Å². The molecule has 1 aromatic rings. The minimum Gasteiger partial charge on any atom is -0.444 e. The Morgan fingerprint density at radius 1 is 1.23 bits per heavy atom. The molecule has 0 saturated heterocycles. The highest BCUT2D eigenvalue weighted by molar-refractivity contribution is 7.92. The van der Waals surface area contributed by atoms with Gasteiger partial charge >= 0.3 is 6.09 Å². The van der Waals surface area contributed by atoms with Crippen LogP contribution in [-0.4, -0.2) is 38.8 Å². The van der Waals surface area contributed by atoms with Crippen LogP contribution in [0, 0.1) is 0 Å². The third kappa shape index (κ3) is 9.26. The van der Waals surface area contributed by atoms with Crippen LogP contribution < -0.4 is 15.4 Å². The first-order chi connectivity index (χ1) is 11.9. The second-order valence-corrected chi connectivity index (χ2v) is 8.72. The summed E-state index contributed by atoms with van der Waals surface area (Å²) in [6.45, 7) is 7.22. The van der Waals surface area contributed by atoms with Crippen molar-refractivity contribution < 1.29 is 22.7 Å². The number of carbonyl (C=O) groups is 2. The van der Waals surface area contributed by atoms with Crippen molar-refractivity contribution in [2.45, 2.75) is 45.8 Å². The fraction of sp³-hybridized carbons (Fsp3) is 0.529. The van der Waals surface area contributed by atoms with Crippen molar-refractivity contribution in [3.63, 3.8) is 0 Å². The van der Waals surface area contributed by atoms with Crippen molar-refractivity contribution in [2.24, 2.45) is 0 Å². The molecule has 1 atom stereocenters. The summed E-state index contributed by atoms with van der Waals surface area (Å²) in [6, 6.07) is 6.46. The lowest BCUT2D eigenvalue weighted by atomic mass is 10.1. The van der Waals surface area contributed by atoms with E-state index < -0.39 is 21.7 Å². The van der Waals surface area contributed by atoms with Gasteiger partial charge in [0.2, 0.25) is 15.9 Å². The fourth-order valence-electron chi connectivity index (χ4n) is 2.07. The van der Waals surface area contributed by atoms with Gasteiger partial charge in [-0.15, -0.1) is 0 Å². The van der Waals surface area contributed by atoms with Crippen LogP contribution in [0.25, 0.3) is 0 Å². The van der Waals surface area contributed by atoms with Crippen LogP contribution in [0.1, 0.15) is 45.7 Å². The van der Waals surface area contributed by atoms with E-state index >= 15 is 0 Å². The third-order valence-electron chi connectivity index (χ3n) is 3.09. The first-order valence-corrected chi connectivity index (χ1v) is 10.1. The molecule has 0 aliphatic rings. The van der Waals surface area contributed by atoms with Gasteiger partial charge in [-0.3, -0.25) is 9.52 Å². The van der Waals surface area contributed by atoms with E-state index in [0.29, 0.717) is 5.69 Å². The minimum atomic E-state index is -3.37. The topological polar surface area (TPSA) is 114 Å². The Morgan fingerprint density at radius 3 is 2.46 bits per heavy atom. The van der Waals surface area contributed by atoms with Crippen LogP contribution in [-0.2, 0) is 19.6 Å². The third-order valence-corrected chi connectivity index (χ3v) is 3.69. The monoisotopic (exact) mass is 385 g/mol.